The van der Waals surface area contributed by atoms with E-state index in [4.69, 9.17) is 0 Å². The lowest BCUT2D eigenvalue weighted by molar-refractivity contribution is -0.274. The van der Waals surface area contributed by atoms with Crippen LogP contribution in [0.2, 0.25) is 0 Å². The number of carbonyl (C=O) groups is 1. The second-order valence-electron chi connectivity index (χ2n) is 7.61. The van der Waals surface area contributed by atoms with Gasteiger partial charge in [0.05, 0.1) is 22.8 Å². The lowest BCUT2D eigenvalue weighted by Crippen LogP contribution is -2.46. The quantitative estimate of drug-likeness (QED) is 0.631. The number of hydrogen-bond donors (Lipinski definition) is 3. The van der Waals surface area contributed by atoms with Crippen LogP contribution in [-0.2, 0) is 4.79 Å². The van der Waals surface area contributed by atoms with Gasteiger partial charge >= 0.3 is 6.36 Å². The van der Waals surface area contributed by atoms with Crippen molar-refractivity contribution in [3.05, 3.63) is 59.9 Å². The zero-order chi connectivity index (χ0) is 22.3. The van der Waals surface area contributed by atoms with Crippen molar-refractivity contribution in [1.82, 2.24) is 15.8 Å². The van der Waals surface area contributed by atoms with Crippen LogP contribution in [0.15, 0.2) is 59.9 Å². The maximum Gasteiger partial charge on any atom is 0.573 e. The van der Waals surface area contributed by atoms with Gasteiger partial charge in [-0.25, -0.2) is 10.0 Å². The van der Waals surface area contributed by atoms with Gasteiger partial charge in [0.2, 0.25) is 0 Å². The Kier molecular flexibility index (Phi) is 6.17. The Bertz CT molecular complexity index is 1050. The number of rotatable bonds is 4. The predicted octanol–water partition coefficient (Wildman–Crippen LogP) is 1.58. The molecule has 0 saturated carbocycles. The van der Waals surface area contributed by atoms with E-state index in [0.29, 0.717) is 17.9 Å². The molecule has 0 spiro atoms. The molecule has 2 aromatic rings. The number of hydrogen-bond acceptors (Lipinski definition) is 7. The Hall–Kier alpha value is -3.32. The Morgan fingerprint density at radius 3 is 2.36 bits per heavy atom. The Morgan fingerprint density at radius 1 is 0.970 bits per heavy atom. The van der Waals surface area contributed by atoms with Gasteiger partial charge in [-0.05, 0) is 36.4 Å². The first-order chi connectivity index (χ1) is 15.4. The molecule has 3 heterocycles. The topological polar surface area (TPSA) is 104 Å². The summed E-state index contributed by atoms with van der Waals surface area (Å²) in [6.45, 7) is 4.07. The van der Waals surface area contributed by atoms with Crippen LogP contribution < -0.4 is 30.9 Å². The highest BCUT2D eigenvalue weighted by atomic mass is 19.4. The standard InChI is InChI=1S/C21H21F3N6O2.H2O/c22-21(23,24)32-15-7-5-14(6-8-15)29-20(31)19-17(13-28-11-9-25-10-12-28)26-16-3-1-2-4-18(16)30(19)27-29;/h1-8,25-27H,9-13H2;1H2. The predicted molar refractivity (Wildman–Crippen MR) is 116 cm³/mol. The third-order valence-corrected chi connectivity index (χ3v) is 5.47. The molecule has 2 fully saturated rings. The summed E-state index contributed by atoms with van der Waals surface area (Å²) < 4.78 is 41.3. The third kappa shape index (κ3) is 4.59. The zero-order valence-electron chi connectivity index (χ0n) is 17.4. The Morgan fingerprint density at radius 2 is 1.67 bits per heavy atom. The summed E-state index contributed by atoms with van der Waals surface area (Å²) in [5.74, 6) is -0.655. The first kappa shape index (κ1) is 22.9. The lowest BCUT2D eigenvalue weighted by Gasteiger charge is -2.33. The minimum absolute atomic E-state index is 0. The molecule has 12 heteroatoms. The molecule has 3 aliphatic rings. The number of piperazine rings is 1. The molecule has 3 aliphatic heterocycles. The third-order valence-electron chi connectivity index (χ3n) is 5.47. The number of hydrazine groups is 2. The van der Waals surface area contributed by atoms with Gasteiger partial charge in [-0.1, -0.05) is 12.1 Å². The van der Waals surface area contributed by atoms with Gasteiger partial charge in [0.1, 0.15) is 11.4 Å². The van der Waals surface area contributed by atoms with E-state index in [-0.39, 0.29) is 17.1 Å². The molecule has 33 heavy (non-hydrogen) atoms. The molecule has 0 aliphatic carbocycles. The normalized spacial score (nSPS) is 18.5. The van der Waals surface area contributed by atoms with Gasteiger partial charge in [0, 0.05) is 32.7 Å². The highest BCUT2D eigenvalue weighted by Crippen LogP contribution is 2.38. The zero-order valence-corrected chi connectivity index (χ0v) is 17.4. The second-order valence-corrected chi connectivity index (χ2v) is 7.61. The van der Waals surface area contributed by atoms with Crippen LogP contribution in [0.4, 0.5) is 30.2 Å². The number of alkyl halides is 3. The van der Waals surface area contributed by atoms with Gasteiger partial charge in [-0.2, -0.15) is 0 Å². The molecule has 176 valence electrons. The van der Waals surface area contributed by atoms with Crippen molar-refractivity contribution in [3.8, 4) is 5.75 Å². The summed E-state index contributed by atoms with van der Waals surface area (Å²) in [7, 11) is 0. The number of halogens is 3. The van der Waals surface area contributed by atoms with Crippen LogP contribution in [-0.4, -0.2) is 55.4 Å². The van der Waals surface area contributed by atoms with Crippen molar-refractivity contribution < 1.29 is 28.2 Å². The van der Waals surface area contributed by atoms with Crippen LogP contribution in [0.25, 0.3) is 0 Å². The molecule has 2 saturated heterocycles. The molecule has 0 bridgehead atoms. The van der Waals surface area contributed by atoms with Crippen molar-refractivity contribution in [1.29, 1.82) is 0 Å². The number of amides is 1. The highest BCUT2D eigenvalue weighted by molar-refractivity contribution is 6.12. The van der Waals surface area contributed by atoms with Gasteiger partial charge < -0.3 is 20.8 Å². The number of nitrogens with zero attached hydrogens (tertiary/aromatic N) is 3. The largest absolute Gasteiger partial charge is 0.573 e. The summed E-state index contributed by atoms with van der Waals surface area (Å²) in [5, 5.41) is 9.74. The summed E-state index contributed by atoms with van der Waals surface area (Å²) in [6.07, 6.45) is -4.77. The fraction of sp³-hybridized carbons (Fsp3) is 0.286. The minimum Gasteiger partial charge on any atom is -0.412 e. The number of carbonyl (C=O) groups excluding carboxylic acids is 1. The fourth-order valence-corrected chi connectivity index (χ4v) is 4.01. The van der Waals surface area contributed by atoms with Crippen molar-refractivity contribution in [2.75, 3.05) is 48.1 Å². The fourth-order valence-electron chi connectivity index (χ4n) is 4.01. The first-order valence-corrected chi connectivity index (χ1v) is 10.2. The maximum atomic E-state index is 13.4. The summed E-state index contributed by atoms with van der Waals surface area (Å²) >= 11 is 0. The molecular formula is C21H23F3N6O3. The molecule has 5 N–H and O–H groups in total. The molecule has 9 nitrogen and oxygen atoms in total. The second kappa shape index (κ2) is 8.90. The Balaban J connectivity index is 0.00000259. The smallest absolute Gasteiger partial charge is 0.412 e. The van der Waals surface area contributed by atoms with E-state index in [1.165, 1.54) is 29.3 Å². The van der Waals surface area contributed by atoms with E-state index in [2.05, 4.69) is 25.8 Å². The maximum absolute atomic E-state index is 13.4. The molecule has 2 aromatic carbocycles. The number of fused-ring (bicyclic) bond motifs is 3. The van der Waals surface area contributed by atoms with Gasteiger partial charge in [-0.3, -0.25) is 9.69 Å². The molecule has 0 atom stereocenters. The van der Waals surface area contributed by atoms with Crippen LogP contribution in [0.1, 0.15) is 0 Å². The highest BCUT2D eigenvalue weighted by Gasteiger charge is 2.41. The van der Waals surface area contributed by atoms with Crippen molar-refractivity contribution >= 4 is 23.0 Å². The average Bonchev–Trinajstić information content (AvgIpc) is 3.12. The molecule has 5 rings (SSSR count). The number of nitrogens with one attached hydrogen (secondary N) is 3. The summed E-state index contributed by atoms with van der Waals surface area (Å²) in [5.41, 5.74) is 6.33. The lowest BCUT2D eigenvalue weighted by atomic mass is 10.1. The molecule has 0 aromatic heterocycles. The Labute approximate surface area is 187 Å². The van der Waals surface area contributed by atoms with E-state index < -0.39 is 6.36 Å². The van der Waals surface area contributed by atoms with Crippen molar-refractivity contribution in [3.63, 3.8) is 0 Å². The van der Waals surface area contributed by atoms with Crippen LogP contribution >= 0.6 is 0 Å². The first-order valence-electron chi connectivity index (χ1n) is 10.2. The van der Waals surface area contributed by atoms with Gasteiger partial charge in [-0.15, -0.1) is 18.7 Å². The van der Waals surface area contributed by atoms with E-state index in [9.17, 15) is 18.0 Å². The number of anilines is 3. The summed E-state index contributed by atoms with van der Waals surface area (Å²) in [6, 6.07) is 12.8. The number of benzene rings is 2. The number of para-hydroxylation sites is 2. The van der Waals surface area contributed by atoms with Crippen LogP contribution in [0.3, 0.4) is 0 Å². The minimum atomic E-state index is -4.77. The molecular weight excluding hydrogens is 441 g/mol. The van der Waals surface area contributed by atoms with Gasteiger partial charge in [0.15, 0.2) is 0 Å². The summed E-state index contributed by atoms with van der Waals surface area (Å²) in [4.78, 5) is 15.7. The number of ether oxygens (including phenoxy) is 1. The van der Waals surface area contributed by atoms with Crippen molar-refractivity contribution in [2.45, 2.75) is 6.36 Å². The van der Waals surface area contributed by atoms with Crippen molar-refractivity contribution in [2.24, 2.45) is 0 Å². The van der Waals surface area contributed by atoms with E-state index in [1.807, 2.05) is 24.3 Å². The van der Waals surface area contributed by atoms with Crippen LogP contribution in [0.5, 0.6) is 5.75 Å². The molecule has 1 amide bonds. The average molecular weight is 464 g/mol. The molecule has 0 unspecified atom stereocenters. The SMILES string of the molecule is O.O=C1C2=C(CN3CCNCC3)Nc3ccccc3N2NN1c1ccc(OC(F)(F)F)cc1. The van der Waals surface area contributed by atoms with E-state index in [0.717, 1.165) is 43.3 Å². The monoisotopic (exact) mass is 464 g/mol. The molecule has 0 radical (unpaired) electrons. The van der Waals surface area contributed by atoms with E-state index >= 15 is 0 Å². The van der Waals surface area contributed by atoms with Crippen LogP contribution in [0, 0.1) is 0 Å². The van der Waals surface area contributed by atoms with Gasteiger partial charge in [0.25, 0.3) is 5.91 Å². The van der Waals surface area contributed by atoms with E-state index in [1.54, 1.807) is 5.01 Å².